The zero-order valence-electron chi connectivity index (χ0n) is 12.4. The summed E-state index contributed by atoms with van der Waals surface area (Å²) < 4.78 is 13.7. The lowest BCUT2D eigenvalue weighted by Gasteiger charge is -2.29. The Hall–Kier alpha value is -1.95. The van der Waals surface area contributed by atoms with E-state index in [1.165, 1.54) is 24.1 Å². The molecule has 6 heteroatoms. The molecule has 0 spiro atoms. The lowest BCUT2D eigenvalue weighted by molar-refractivity contribution is -0.132. The maximum Gasteiger partial charge on any atom is 0.257 e. The maximum absolute atomic E-state index is 13.7. The van der Waals surface area contributed by atoms with Crippen LogP contribution < -0.4 is 5.32 Å². The van der Waals surface area contributed by atoms with E-state index in [9.17, 15) is 14.0 Å². The minimum Gasteiger partial charge on any atom is -0.339 e. The fourth-order valence-corrected chi connectivity index (χ4v) is 2.30. The van der Waals surface area contributed by atoms with Crippen LogP contribution in [0.5, 0.6) is 0 Å². The van der Waals surface area contributed by atoms with Crippen molar-refractivity contribution in [1.82, 2.24) is 15.1 Å². The molecule has 0 saturated carbocycles. The lowest BCUT2D eigenvalue weighted by Crippen LogP contribution is -2.49. The van der Waals surface area contributed by atoms with Gasteiger partial charge in [0.05, 0.1) is 12.1 Å². The quantitative estimate of drug-likeness (QED) is 0.890. The first-order chi connectivity index (χ1) is 9.99. The fraction of sp³-hybridized carbons (Fsp3) is 0.467. The normalized spacial score (nSPS) is 14.9. The number of amides is 2. The van der Waals surface area contributed by atoms with E-state index >= 15 is 0 Å². The number of piperazine rings is 1. The van der Waals surface area contributed by atoms with Gasteiger partial charge in [-0.15, -0.1) is 0 Å². The molecule has 0 bridgehead atoms. The minimum absolute atomic E-state index is 0.00520. The van der Waals surface area contributed by atoms with Crippen LogP contribution in [-0.2, 0) is 4.79 Å². The molecule has 1 aliphatic rings. The molecule has 0 atom stereocenters. The van der Waals surface area contributed by atoms with Crippen molar-refractivity contribution in [3.8, 4) is 0 Å². The summed E-state index contributed by atoms with van der Waals surface area (Å²) in [7, 11) is 1.52. The average Bonchev–Trinajstić information content (AvgIpc) is 2.49. The average molecular weight is 293 g/mol. The maximum atomic E-state index is 13.7. The summed E-state index contributed by atoms with van der Waals surface area (Å²) in [5.41, 5.74) is 0.812. The van der Waals surface area contributed by atoms with Crippen LogP contribution in [0.2, 0.25) is 0 Å². The van der Waals surface area contributed by atoms with Crippen LogP contribution in [0.25, 0.3) is 0 Å². The first kappa shape index (κ1) is 15.4. The van der Waals surface area contributed by atoms with Gasteiger partial charge < -0.3 is 15.1 Å². The zero-order chi connectivity index (χ0) is 15.4. The van der Waals surface area contributed by atoms with E-state index in [4.69, 9.17) is 0 Å². The van der Waals surface area contributed by atoms with Crippen molar-refractivity contribution >= 4 is 11.8 Å². The van der Waals surface area contributed by atoms with E-state index in [1.807, 2.05) is 0 Å². The molecule has 21 heavy (non-hydrogen) atoms. The second-order valence-electron chi connectivity index (χ2n) is 5.28. The number of likely N-dealkylation sites (N-methyl/N-ethyl adjacent to an activating group) is 1. The molecule has 0 aliphatic carbocycles. The van der Waals surface area contributed by atoms with Crippen LogP contribution in [0, 0.1) is 12.7 Å². The fourth-order valence-electron chi connectivity index (χ4n) is 2.30. The van der Waals surface area contributed by atoms with Crippen molar-refractivity contribution in [2.24, 2.45) is 0 Å². The van der Waals surface area contributed by atoms with E-state index in [0.29, 0.717) is 13.1 Å². The van der Waals surface area contributed by atoms with Gasteiger partial charge in [-0.3, -0.25) is 9.59 Å². The molecule has 1 heterocycles. The smallest absolute Gasteiger partial charge is 0.257 e. The Kier molecular flexibility index (Phi) is 4.90. The van der Waals surface area contributed by atoms with Gasteiger partial charge in [-0.05, 0) is 19.1 Å². The predicted molar refractivity (Wildman–Crippen MR) is 77.5 cm³/mol. The molecule has 0 aromatic heterocycles. The molecule has 1 saturated heterocycles. The SMILES string of the molecule is Cc1ccc(F)c(C(=O)N(C)CC(=O)N2CCNCC2)c1. The van der Waals surface area contributed by atoms with Gasteiger partial charge in [-0.2, -0.15) is 0 Å². The molecule has 0 unspecified atom stereocenters. The number of hydrogen-bond donors (Lipinski definition) is 1. The van der Waals surface area contributed by atoms with Crippen LogP contribution >= 0.6 is 0 Å². The number of benzene rings is 1. The molecular weight excluding hydrogens is 273 g/mol. The number of carbonyl (C=O) groups excluding carboxylic acids is 2. The Morgan fingerprint density at radius 3 is 2.67 bits per heavy atom. The van der Waals surface area contributed by atoms with Crippen molar-refractivity contribution in [3.05, 3.63) is 35.1 Å². The summed E-state index contributed by atoms with van der Waals surface area (Å²) in [4.78, 5) is 27.3. The third kappa shape index (κ3) is 3.78. The largest absolute Gasteiger partial charge is 0.339 e. The molecule has 114 valence electrons. The molecule has 2 amide bonds. The number of nitrogens with zero attached hydrogens (tertiary/aromatic N) is 2. The molecular formula is C15H20FN3O2. The number of carbonyl (C=O) groups is 2. The standard InChI is InChI=1S/C15H20FN3O2/c1-11-3-4-13(16)12(9-11)15(21)18(2)10-14(20)19-7-5-17-6-8-19/h3-4,9,17H,5-8,10H2,1-2H3. The van der Waals surface area contributed by atoms with E-state index < -0.39 is 11.7 Å². The van der Waals surface area contributed by atoms with Crippen molar-refractivity contribution in [2.75, 3.05) is 39.8 Å². The first-order valence-corrected chi connectivity index (χ1v) is 6.99. The molecule has 1 aromatic rings. The second kappa shape index (κ2) is 6.67. The molecule has 2 rings (SSSR count). The van der Waals surface area contributed by atoms with Crippen LogP contribution in [0.15, 0.2) is 18.2 Å². The molecule has 1 aliphatic heterocycles. The highest BCUT2D eigenvalue weighted by atomic mass is 19.1. The highest BCUT2D eigenvalue weighted by Crippen LogP contribution is 2.12. The zero-order valence-corrected chi connectivity index (χ0v) is 12.4. The van der Waals surface area contributed by atoms with Crippen LogP contribution in [0.3, 0.4) is 0 Å². The molecule has 5 nitrogen and oxygen atoms in total. The highest BCUT2D eigenvalue weighted by Gasteiger charge is 2.22. The van der Waals surface area contributed by atoms with E-state index in [-0.39, 0.29) is 18.0 Å². The number of halogens is 1. The third-order valence-corrected chi connectivity index (χ3v) is 3.54. The van der Waals surface area contributed by atoms with Gasteiger partial charge in [-0.25, -0.2) is 4.39 Å². The minimum atomic E-state index is -0.563. The van der Waals surface area contributed by atoms with Crippen molar-refractivity contribution < 1.29 is 14.0 Å². The first-order valence-electron chi connectivity index (χ1n) is 6.99. The van der Waals surface area contributed by atoms with Gasteiger partial charge >= 0.3 is 0 Å². The summed E-state index contributed by atoms with van der Waals surface area (Å²) in [6.07, 6.45) is 0. The number of aryl methyl sites for hydroxylation is 1. The Labute approximate surface area is 123 Å². The molecule has 1 N–H and O–H groups in total. The molecule has 1 aromatic carbocycles. The Morgan fingerprint density at radius 2 is 2.00 bits per heavy atom. The summed E-state index contributed by atoms with van der Waals surface area (Å²) in [6, 6.07) is 4.38. The monoisotopic (exact) mass is 293 g/mol. The Morgan fingerprint density at radius 1 is 1.33 bits per heavy atom. The van der Waals surface area contributed by atoms with Gasteiger partial charge in [0.25, 0.3) is 5.91 Å². The number of hydrogen-bond acceptors (Lipinski definition) is 3. The molecule has 0 radical (unpaired) electrons. The summed E-state index contributed by atoms with van der Waals surface area (Å²) in [5.74, 6) is -1.15. The van der Waals surface area contributed by atoms with Crippen molar-refractivity contribution in [2.45, 2.75) is 6.92 Å². The van der Waals surface area contributed by atoms with Gasteiger partial charge in [0, 0.05) is 33.2 Å². The summed E-state index contributed by atoms with van der Waals surface area (Å²) in [6.45, 7) is 4.56. The van der Waals surface area contributed by atoms with Crippen LogP contribution in [0.4, 0.5) is 4.39 Å². The third-order valence-electron chi connectivity index (χ3n) is 3.54. The van der Waals surface area contributed by atoms with E-state index in [2.05, 4.69) is 5.32 Å². The predicted octanol–water partition coefficient (Wildman–Crippen LogP) is 0.638. The number of rotatable bonds is 3. The van der Waals surface area contributed by atoms with Gasteiger partial charge in [0.1, 0.15) is 5.82 Å². The Bertz CT molecular complexity index is 542. The second-order valence-corrected chi connectivity index (χ2v) is 5.28. The number of nitrogens with one attached hydrogen (secondary N) is 1. The van der Waals surface area contributed by atoms with E-state index in [0.717, 1.165) is 18.7 Å². The van der Waals surface area contributed by atoms with Crippen LogP contribution in [-0.4, -0.2) is 61.4 Å². The van der Waals surface area contributed by atoms with Gasteiger partial charge in [0.2, 0.25) is 5.91 Å². The summed E-state index contributed by atoms with van der Waals surface area (Å²) >= 11 is 0. The van der Waals surface area contributed by atoms with Crippen LogP contribution in [0.1, 0.15) is 15.9 Å². The van der Waals surface area contributed by atoms with Crippen molar-refractivity contribution in [3.63, 3.8) is 0 Å². The molecule has 1 fully saturated rings. The topological polar surface area (TPSA) is 52.7 Å². The van der Waals surface area contributed by atoms with Gasteiger partial charge in [0.15, 0.2) is 0 Å². The van der Waals surface area contributed by atoms with Gasteiger partial charge in [-0.1, -0.05) is 11.6 Å². The highest BCUT2D eigenvalue weighted by molar-refractivity contribution is 5.96. The lowest BCUT2D eigenvalue weighted by atomic mass is 10.1. The van der Waals surface area contributed by atoms with E-state index in [1.54, 1.807) is 17.9 Å². The van der Waals surface area contributed by atoms with Crippen molar-refractivity contribution in [1.29, 1.82) is 0 Å². The summed E-state index contributed by atoms with van der Waals surface area (Å²) in [5, 5.41) is 3.16. The Balaban J connectivity index is 2.02.